The molecule has 2 N–H and O–H groups in total. The van der Waals surface area contributed by atoms with Crippen molar-refractivity contribution in [2.75, 3.05) is 13.1 Å². The van der Waals surface area contributed by atoms with E-state index in [1.54, 1.807) is 0 Å². The number of nitrogens with one attached hydrogen (secondary N) is 2. The molecule has 0 spiro atoms. The molecule has 1 aromatic heterocycles. The van der Waals surface area contributed by atoms with Gasteiger partial charge in [-0.05, 0) is 24.6 Å². The van der Waals surface area contributed by atoms with Gasteiger partial charge in [0.05, 0.1) is 0 Å². The molecular weight excluding hydrogens is 268 g/mol. The molecule has 1 fully saturated rings. The number of aromatic nitrogens is 4. The van der Waals surface area contributed by atoms with Gasteiger partial charge in [0.1, 0.15) is 6.54 Å². The van der Waals surface area contributed by atoms with E-state index in [9.17, 15) is 4.79 Å². The second-order valence-electron chi connectivity index (χ2n) is 5.11. The number of hydrogen-bond donors (Lipinski definition) is 2. The monoisotopic (exact) mass is 286 g/mol. The van der Waals surface area contributed by atoms with Crippen molar-refractivity contribution in [2.24, 2.45) is 0 Å². The highest BCUT2D eigenvalue weighted by molar-refractivity contribution is 5.75. The van der Waals surface area contributed by atoms with Crippen molar-refractivity contribution in [1.82, 2.24) is 30.8 Å². The second kappa shape index (κ2) is 6.45. The van der Waals surface area contributed by atoms with Gasteiger partial charge >= 0.3 is 0 Å². The van der Waals surface area contributed by atoms with Crippen molar-refractivity contribution in [3.63, 3.8) is 0 Å². The van der Waals surface area contributed by atoms with Gasteiger partial charge in [-0.25, -0.2) is 0 Å². The zero-order valence-electron chi connectivity index (χ0n) is 11.7. The molecule has 2 aromatic rings. The molecular formula is C14H18N6O. The summed E-state index contributed by atoms with van der Waals surface area (Å²) >= 11 is 0. The van der Waals surface area contributed by atoms with Crippen molar-refractivity contribution in [2.45, 2.75) is 25.4 Å². The largest absolute Gasteiger partial charge is 0.353 e. The zero-order chi connectivity index (χ0) is 14.5. The quantitative estimate of drug-likeness (QED) is 0.820. The molecule has 0 bridgehead atoms. The summed E-state index contributed by atoms with van der Waals surface area (Å²) in [5, 5.41) is 18.3. The predicted molar refractivity (Wildman–Crippen MR) is 77.3 cm³/mol. The fraction of sp³-hybridized carbons (Fsp3) is 0.429. The predicted octanol–water partition coefficient (Wildman–Crippen LogP) is 0.208. The number of tetrazole rings is 1. The lowest BCUT2D eigenvalue weighted by Crippen LogP contribution is -2.38. The summed E-state index contributed by atoms with van der Waals surface area (Å²) in [6.07, 6.45) is 2.28. The van der Waals surface area contributed by atoms with Crippen LogP contribution < -0.4 is 10.6 Å². The van der Waals surface area contributed by atoms with Gasteiger partial charge in [0.15, 0.2) is 0 Å². The van der Waals surface area contributed by atoms with Gasteiger partial charge in [0.25, 0.3) is 0 Å². The molecule has 0 saturated carbocycles. The summed E-state index contributed by atoms with van der Waals surface area (Å²) < 4.78 is 0. The third kappa shape index (κ3) is 3.63. The molecule has 1 unspecified atom stereocenters. The lowest BCUT2D eigenvalue weighted by atomic mass is 10.2. The van der Waals surface area contributed by atoms with E-state index in [1.807, 2.05) is 30.3 Å². The summed E-state index contributed by atoms with van der Waals surface area (Å²) in [6, 6.07) is 9.96. The average molecular weight is 286 g/mol. The van der Waals surface area contributed by atoms with Gasteiger partial charge in [-0.2, -0.15) is 4.80 Å². The lowest BCUT2D eigenvalue weighted by Gasteiger charge is -2.10. The number of rotatable bonds is 5. The highest BCUT2D eigenvalue weighted by Gasteiger charge is 2.15. The molecule has 1 amide bonds. The number of carbonyl (C=O) groups excluding carboxylic acids is 1. The van der Waals surface area contributed by atoms with Crippen LogP contribution in [0.5, 0.6) is 0 Å². The fourth-order valence-electron chi connectivity index (χ4n) is 2.37. The van der Waals surface area contributed by atoms with E-state index in [0.29, 0.717) is 18.4 Å². The van der Waals surface area contributed by atoms with Crippen LogP contribution in [-0.2, 0) is 11.3 Å². The molecule has 0 radical (unpaired) electrons. The van der Waals surface area contributed by atoms with Crippen LogP contribution >= 0.6 is 0 Å². The topological polar surface area (TPSA) is 84.7 Å². The van der Waals surface area contributed by atoms with Crippen LogP contribution in [0.1, 0.15) is 12.8 Å². The Kier molecular flexibility index (Phi) is 4.20. The molecule has 1 aliphatic heterocycles. The summed E-state index contributed by atoms with van der Waals surface area (Å²) in [7, 11) is 0. The number of benzene rings is 1. The first-order valence-corrected chi connectivity index (χ1v) is 7.14. The second-order valence-corrected chi connectivity index (χ2v) is 5.11. The van der Waals surface area contributed by atoms with Crippen LogP contribution in [-0.4, -0.2) is 45.2 Å². The van der Waals surface area contributed by atoms with E-state index >= 15 is 0 Å². The van der Waals surface area contributed by atoms with Crippen LogP contribution in [0.2, 0.25) is 0 Å². The third-order valence-corrected chi connectivity index (χ3v) is 3.48. The molecule has 0 aliphatic carbocycles. The van der Waals surface area contributed by atoms with Crippen molar-refractivity contribution >= 4 is 5.91 Å². The molecule has 1 aliphatic rings. The Labute approximate surface area is 122 Å². The van der Waals surface area contributed by atoms with Crippen LogP contribution in [0.4, 0.5) is 0 Å². The Morgan fingerprint density at radius 2 is 2.24 bits per heavy atom. The molecule has 1 aromatic carbocycles. The summed E-state index contributed by atoms with van der Waals surface area (Å²) in [6.45, 7) is 1.78. The van der Waals surface area contributed by atoms with Gasteiger partial charge < -0.3 is 10.6 Å². The van der Waals surface area contributed by atoms with Crippen molar-refractivity contribution in [3.8, 4) is 11.4 Å². The Morgan fingerprint density at radius 3 is 3.00 bits per heavy atom. The van der Waals surface area contributed by atoms with Gasteiger partial charge in [-0.1, -0.05) is 30.3 Å². The minimum atomic E-state index is -0.0966. The minimum Gasteiger partial charge on any atom is -0.353 e. The fourth-order valence-corrected chi connectivity index (χ4v) is 2.37. The molecule has 7 nitrogen and oxygen atoms in total. The van der Waals surface area contributed by atoms with Crippen LogP contribution in [0.15, 0.2) is 30.3 Å². The number of amides is 1. The number of nitrogens with zero attached hydrogens (tertiary/aromatic N) is 4. The Hall–Kier alpha value is -2.28. The maximum Gasteiger partial charge on any atom is 0.243 e. The molecule has 21 heavy (non-hydrogen) atoms. The first kappa shape index (κ1) is 13.7. The van der Waals surface area contributed by atoms with E-state index in [4.69, 9.17) is 0 Å². The number of hydrogen-bond acceptors (Lipinski definition) is 5. The molecule has 7 heteroatoms. The highest BCUT2D eigenvalue weighted by Crippen LogP contribution is 2.11. The lowest BCUT2D eigenvalue weighted by molar-refractivity contribution is -0.122. The standard InChI is InChI=1S/C14H18N6O/c21-13(16-9-12-7-4-8-15-12)10-20-18-14(17-19-20)11-5-2-1-3-6-11/h1-3,5-6,12,15H,4,7-10H2,(H,16,21). The first-order valence-electron chi connectivity index (χ1n) is 7.14. The van der Waals surface area contributed by atoms with E-state index in [1.165, 1.54) is 11.2 Å². The summed E-state index contributed by atoms with van der Waals surface area (Å²) in [5.74, 6) is 0.432. The van der Waals surface area contributed by atoms with E-state index in [0.717, 1.165) is 18.5 Å². The Morgan fingerprint density at radius 1 is 1.38 bits per heavy atom. The minimum absolute atomic E-state index is 0.0898. The van der Waals surface area contributed by atoms with E-state index in [-0.39, 0.29) is 12.5 Å². The van der Waals surface area contributed by atoms with Crippen LogP contribution in [0, 0.1) is 0 Å². The maximum absolute atomic E-state index is 11.8. The molecule has 110 valence electrons. The van der Waals surface area contributed by atoms with Gasteiger partial charge in [-0.15, -0.1) is 10.2 Å². The Balaban J connectivity index is 1.53. The summed E-state index contributed by atoms with van der Waals surface area (Å²) in [5.41, 5.74) is 0.888. The normalized spacial score (nSPS) is 17.8. The van der Waals surface area contributed by atoms with Crippen molar-refractivity contribution < 1.29 is 4.79 Å². The van der Waals surface area contributed by atoms with Gasteiger partial charge in [0.2, 0.25) is 11.7 Å². The third-order valence-electron chi connectivity index (χ3n) is 3.48. The maximum atomic E-state index is 11.8. The van der Waals surface area contributed by atoms with E-state index < -0.39 is 0 Å². The van der Waals surface area contributed by atoms with Crippen LogP contribution in [0.3, 0.4) is 0 Å². The average Bonchev–Trinajstić information content (AvgIpc) is 3.17. The smallest absolute Gasteiger partial charge is 0.243 e. The molecule has 1 saturated heterocycles. The van der Waals surface area contributed by atoms with Crippen molar-refractivity contribution in [1.29, 1.82) is 0 Å². The first-order chi connectivity index (χ1) is 10.3. The number of carbonyl (C=O) groups is 1. The van der Waals surface area contributed by atoms with Crippen LogP contribution in [0.25, 0.3) is 11.4 Å². The molecule has 1 atom stereocenters. The van der Waals surface area contributed by atoms with Gasteiger partial charge in [-0.3, -0.25) is 4.79 Å². The highest BCUT2D eigenvalue weighted by atomic mass is 16.2. The SMILES string of the molecule is O=C(Cn1nnc(-c2ccccc2)n1)NCC1CCCN1. The van der Waals surface area contributed by atoms with Gasteiger partial charge in [0, 0.05) is 18.2 Å². The Bertz CT molecular complexity index is 591. The summed E-state index contributed by atoms with van der Waals surface area (Å²) in [4.78, 5) is 13.2. The molecule has 3 rings (SSSR count). The van der Waals surface area contributed by atoms with E-state index in [2.05, 4.69) is 26.0 Å². The van der Waals surface area contributed by atoms with Crippen molar-refractivity contribution in [3.05, 3.63) is 30.3 Å². The zero-order valence-corrected chi connectivity index (χ0v) is 11.7. The molecule has 2 heterocycles.